The van der Waals surface area contributed by atoms with Crippen molar-refractivity contribution in [3.05, 3.63) is 54.1 Å². The summed E-state index contributed by atoms with van der Waals surface area (Å²) < 4.78 is 31.9. The van der Waals surface area contributed by atoms with Crippen LogP contribution in [0.15, 0.2) is 53.4 Å². The Balaban J connectivity index is 1.51. The fourth-order valence-corrected chi connectivity index (χ4v) is 4.69. The Labute approximate surface area is 179 Å². The summed E-state index contributed by atoms with van der Waals surface area (Å²) in [5.74, 6) is 0.261. The number of para-hydroxylation sites is 1. The molecule has 8 heteroatoms. The lowest BCUT2D eigenvalue weighted by Crippen LogP contribution is -2.46. The highest BCUT2D eigenvalue weighted by Crippen LogP contribution is 2.29. The van der Waals surface area contributed by atoms with Crippen LogP contribution in [0.2, 0.25) is 0 Å². The standard InChI is InChI=1S/C22H31N3O4S/c1-23-30(27,28)22-17-18(10-11-21(22)29-2)20(26)9-6-12-24-13-15-25(16-14-24)19-7-4-3-5-8-19/h3-5,7-8,10-11,17,20,23,26H,6,9,12-16H2,1-2H3. The van der Waals surface area contributed by atoms with Crippen molar-refractivity contribution in [1.82, 2.24) is 9.62 Å². The van der Waals surface area contributed by atoms with Crippen LogP contribution in [0.4, 0.5) is 5.69 Å². The van der Waals surface area contributed by atoms with Crippen LogP contribution in [-0.4, -0.2) is 65.3 Å². The number of ether oxygens (including phenoxy) is 1. The molecular weight excluding hydrogens is 402 g/mol. The first-order valence-electron chi connectivity index (χ1n) is 10.3. The van der Waals surface area contributed by atoms with Crippen molar-refractivity contribution >= 4 is 15.7 Å². The number of nitrogens with zero attached hydrogens (tertiary/aromatic N) is 2. The quantitative estimate of drug-likeness (QED) is 0.631. The van der Waals surface area contributed by atoms with Gasteiger partial charge in [-0.15, -0.1) is 0 Å². The third-order valence-corrected chi connectivity index (χ3v) is 7.01. The number of piperazine rings is 1. The molecule has 0 aliphatic carbocycles. The number of nitrogens with one attached hydrogen (secondary N) is 1. The maximum atomic E-state index is 12.2. The number of hydrogen-bond donors (Lipinski definition) is 2. The molecule has 3 rings (SSSR count). The summed E-state index contributed by atoms with van der Waals surface area (Å²) in [6.45, 7) is 4.90. The Kier molecular flexibility index (Phi) is 7.71. The van der Waals surface area contributed by atoms with Crippen molar-refractivity contribution in [3.8, 4) is 5.75 Å². The first-order chi connectivity index (χ1) is 14.4. The van der Waals surface area contributed by atoms with Gasteiger partial charge >= 0.3 is 0 Å². The Bertz CT molecular complexity index is 913. The molecule has 2 N–H and O–H groups in total. The summed E-state index contributed by atoms with van der Waals surface area (Å²) in [5, 5.41) is 10.6. The predicted molar refractivity (Wildman–Crippen MR) is 119 cm³/mol. The van der Waals surface area contributed by atoms with Crippen LogP contribution in [0.25, 0.3) is 0 Å². The SMILES string of the molecule is CNS(=O)(=O)c1cc(C(O)CCCN2CCN(c3ccccc3)CC2)ccc1OC. The number of aliphatic hydroxyl groups excluding tert-OH is 1. The van der Waals surface area contributed by atoms with Crippen molar-refractivity contribution in [2.75, 3.05) is 51.8 Å². The molecule has 30 heavy (non-hydrogen) atoms. The Morgan fingerprint density at radius 1 is 1.10 bits per heavy atom. The van der Waals surface area contributed by atoms with Gasteiger partial charge in [0.1, 0.15) is 10.6 Å². The van der Waals surface area contributed by atoms with Crippen LogP contribution in [-0.2, 0) is 10.0 Å². The lowest BCUT2D eigenvalue weighted by molar-refractivity contribution is 0.153. The monoisotopic (exact) mass is 433 g/mol. The zero-order valence-electron chi connectivity index (χ0n) is 17.6. The largest absolute Gasteiger partial charge is 0.495 e. The number of rotatable bonds is 9. The van der Waals surface area contributed by atoms with Crippen molar-refractivity contribution in [1.29, 1.82) is 0 Å². The molecule has 1 fully saturated rings. The molecule has 1 unspecified atom stereocenters. The molecular formula is C22H31N3O4S. The van der Waals surface area contributed by atoms with Crippen molar-refractivity contribution < 1.29 is 18.3 Å². The number of benzene rings is 2. The van der Waals surface area contributed by atoms with Crippen LogP contribution in [0.5, 0.6) is 5.75 Å². The molecule has 2 aromatic carbocycles. The van der Waals surface area contributed by atoms with Crippen LogP contribution in [0, 0.1) is 0 Å². The van der Waals surface area contributed by atoms with Gasteiger partial charge in [0, 0.05) is 31.9 Å². The molecule has 0 radical (unpaired) electrons. The zero-order valence-corrected chi connectivity index (χ0v) is 18.4. The fourth-order valence-electron chi connectivity index (χ4n) is 3.76. The van der Waals surface area contributed by atoms with Crippen LogP contribution in [0.1, 0.15) is 24.5 Å². The molecule has 164 valence electrons. The molecule has 0 amide bonds. The minimum absolute atomic E-state index is 0.0427. The second kappa shape index (κ2) is 10.3. The predicted octanol–water partition coefficient (Wildman–Crippen LogP) is 2.24. The van der Waals surface area contributed by atoms with Crippen LogP contribution < -0.4 is 14.4 Å². The van der Waals surface area contributed by atoms with Gasteiger partial charge in [-0.05, 0) is 56.3 Å². The Hall–Kier alpha value is -2.13. The lowest BCUT2D eigenvalue weighted by Gasteiger charge is -2.36. The minimum atomic E-state index is -3.66. The van der Waals surface area contributed by atoms with Gasteiger partial charge in [0.05, 0.1) is 13.2 Å². The summed E-state index contributed by atoms with van der Waals surface area (Å²) in [4.78, 5) is 4.85. The summed E-state index contributed by atoms with van der Waals surface area (Å²) in [5.41, 5.74) is 1.85. The van der Waals surface area contributed by atoms with Gasteiger partial charge in [0.25, 0.3) is 0 Å². The van der Waals surface area contributed by atoms with Crippen molar-refractivity contribution in [3.63, 3.8) is 0 Å². The van der Waals surface area contributed by atoms with E-state index in [-0.39, 0.29) is 10.6 Å². The molecule has 1 atom stereocenters. The maximum absolute atomic E-state index is 12.2. The normalized spacial score (nSPS) is 16.4. The minimum Gasteiger partial charge on any atom is -0.495 e. The topological polar surface area (TPSA) is 82.1 Å². The number of anilines is 1. The number of hydrogen-bond acceptors (Lipinski definition) is 6. The average Bonchev–Trinajstić information content (AvgIpc) is 2.79. The molecule has 1 aliphatic heterocycles. The summed E-state index contributed by atoms with van der Waals surface area (Å²) in [7, 11) is -0.877. The van der Waals surface area contributed by atoms with Gasteiger partial charge in [0.2, 0.25) is 10.0 Å². The van der Waals surface area contributed by atoms with Crippen molar-refractivity contribution in [2.45, 2.75) is 23.8 Å². The van der Waals surface area contributed by atoms with Crippen LogP contribution in [0.3, 0.4) is 0 Å². The molecule has 0 spiro atoms. The number of aliphatic hydroxyl groups is 1. The summed E-state index contributed by atoms with van der Waals surface area (Å²) in [6, 6.07) is 15.2. The molecule has 7 nitrogen and oxygen atoms in total. The van der Waals surface area contributed by atoms with E-state index in [4.69, 9.17) is 4.74 Å². The summed E-state index contributed by atoms with van der Waals surface area (Å²) >= 11 is 0. The number of methoxy groups -OCH3 is 1. The van der Waals surface area contributed by atoms with Gasteiger partial charge in [-0.25, -0.2) is 13.1 Å². The highest BCUT2D eigenvalue weighted by Gasteiger charge is 2.21. The van der Waals surface area contributed by atoms with E-state index >= 15 is 0 Å². The van der Waals surface area contributed by atoms with Gasteiger partial charge in [-0.1, -0.05) is 24.3 Å². The molecule has 0 aromatic heterocycles. The van der Waals surface area contributed by atoms with E-state index in [1.165, 1.54) is 25.9 Å². The average molecular weight is 434 g/mol. The highest BCUT2D eigenvalue weighted by molar-refractivity contribution is 7.89. The van der Waals surface area contributed by atoms with E-state index in [9.17, 15) is 13.5 Å². The fraction of sp³-hybridized carbons (Fsp3) is 0.455. The summed E-state index contributed by atoms with van der Waals surface area (Å²) in [6.07, 6.45) is 0.698. The third kappa shape index (κ3) is 5.51. The molecule has 1 aliphatic rings. The molecule has 1 saturated heterocycles. The molecule has 1 heterocycles. The molecule has 0 saturated carbocycles. The maximum Gasteiger partial charge on any atom is 0.244 e. The van der Waals surface area contributed by atoms with E-state index in [2.05, 4.69) is 38.8 Å². The third-order valence-electron chi connectivity index (χ3n) is 5.58. The van der Waals surface area contributed by atoms with E-state index in [0.29, 0.717) is 12.0 Å². The van der Waals surface area contributed by atoms with Crippen LogP contribution >= 0.6 is 0 Å². The molecule has 0 bridgehead atoms. The molecule has 2 aromatic rings. The van der Waals surface area contributed by atoms with E-state index in [1.54, 1.807) is 12.1 Å². The van der Waals surface area contributed by atoms with E-state index < -0.39 is 16.1 Å². The second-order valence-electron chi connectivity index (χ2n) is 7.44. The van der Waals surface area contributed by atoms with Gasteiger partial charge in [-0.3, -0.25) is 4.90 Å². The highest BCUT2D eigenvalue weighted by atomic mass is 32.2. The number of sulfonamides is 1. The van der Waals surface area contributed by atoms with Gasteiger partial charge in [0.15, 0.2) is 0 Å². The smallest absolute Gasteiger partial charge is 0.244 e. The lowest BCUT2D eigenvalue weighted by atomic mass is 10.0. The zero-order chi connectivity index (χ0) is 21.6. The second-order valence-corrected chi connectivity index (χ2v) is 9.30. The first kappa shape index (κ1) is 22.6. The first-order valence-corrected chi connectivity index (χ1v) is 11.7. The van der Waals surface area contributed by atoms with Gasteiger partial charge in [-0.2, -0.15) is 0 Å². The van der Waals surface area contributed by atoms with Crippen molar-refractivity contribution in [2.24, 2.45) is 0 Å². The van der Waals surface area contributed by atoms with E-state index in [1.807, 2.05) is 6.07 Å². The Morgan fingerprint density at radius 2 is 1.80 bits per heavy atom. The Morgan fingerprint density at radius 3 is 2.43 bits per heavy atom. The van der Waals surface area contributed by atoms with E-state index in [0.717, 1.165) is 39.1 Å². The van der Waals surface area contributed by atoms with Gasteiger partial charge < -0.3 is 14.7 Å².